The van der Waals surface area contributed by atoms with E-state index in [-0.39, 0.29) is 22.2 Å². The summed E-state index contributed by atoms with van der Waals surface area (Å²) in [5.74, 6) is -0.737. The first-order chi connectivity index (χ1) is 9.86. The molecule has 2 aromatic carbocycles. The summed E-state index contributed by atoms with van der Waals surface area (Å²) in [7, 11) is -3.95. The third-order valence-electron chi connectivity index (χ3n) is 3.10. The van der Waals surface area contributed by atoms with Crippen molar-refractivity contribution in [3.8, 4) is 0 Å². The van der Waals surface area contributed by atoms with E-state index in [1.54, 1.807) is 19.1 Å². The molecule has 2 aromatic rings. The molecule has 0 unspecified atom stereocenters. The number of nitrogens with one attached hydrogen (secondary N) is 1. The van der Waals surface area contributed by atoms with Crippen molar-refractivity contribution in [2.45, 2.75) is 18.4 Å². The van der Waals surface area contributed by atoms with Crippen LogP contribution >= 0.6 is 11.6 Å². The highest BCUT2D eigenvalue weighted by Crippen LogP contribution is 2.28. The highest BCUT2D eigenvalue weighted by Gasteiger charge is 2.21. The lowest BCUT2D eigenvalue weighted by molar-refractivity contribution is 0.598. The van der Waals surface area contributed by atoms with Crippen LogP contribution < -0.4 is 10.5 Å². The van der Waals surface area contributed by atoms with Crippen molar-refractivity contribution in [3.05, 3.63) is 58.4 Å². The first-order valence-corrected chi connectivity index (χ1v) is 7.98. The summed E-state index contributed by atoms with van der Waals surface area (Å²) in [5, 5.41) is -0.00814. The van der Waals surface area contributed by atoms with Crippen LogP contribution in [0.1, 0.15) is 11.1 Å². The molecule has 0 saturated carbocycles. The number of halogens is 2. The fraction of sp³-hybridized carbons (Fsp3) is 0.143. The van der Waals surface area contributed by atoms with Gasteiger partial charge in [0.05, 0.1) is 9.92 Å². The van der Waals surface area contributed by atoms with Gasteiger partial charge in [-0.3, -0.25) is 4.72 Å². The van der Waals surface area contributed by atoms with E-state index in [0.29, 0.717) is 11.1 Å². The molecule has 0 fully saturated rings. The molecule has 0 spiro atoms. The molecule has 0 amide bonds. The molecule has 21 heavy (non-hydrogen) atoms. The molecule has 0 saturated heterocycles. The van der Waals surface area contributed by atoms with Gasteiger partial charge in [0.15, 0.2) is 0 Å². The highest BCUT2D eigenvalue weighted by atomic mass is 35.5. The SMILES string of the molecule is Cc1c(CN)cccc1S(=O)(=O)Nc1c(F)cccc1Cl. The molecule has 112 valence electrons. The number of rotatable bonds is 4. The summed E-state index contributed by atoms with van der Waals surface area (Å²) in [4.78, 5) is 0.0461. The van der Waals surface area contributed by atoms with Crippen LogP contribution in [0.5, 0.6) is 0 Å². The average molecular weight is 329 g/mol. The monoisotopic (exact) mass is 328 g/mol. The van der Waals surface area contributed by atoms with Crippen LogP contribution in [-0.4, -0.2) is 8.42 Å². The smallest absolute Gasteiger partial charge is 0.262 e. The average Bonchev–Trinajstić information content (AvgIpc) is 2.43. The van der Waals surface area contributed by atoms with Crippen molar-refractivity contribution in [2.75, 3.05) is 4.72 Å². The first-order valence-electron chi connectivity index (χ1n) is 6.12. The molecular weight excluding hydrogens is 315 g/mol. The quantitative estimate of drug-likeness (QED) is 0.906. The Kier molecular flexibility index (Phi) is 4.51. The molecular formula is C14H14ClFN2O2S. The van der Waals surface area contributed by atoms with Crippen molar-refractivity contribution in [2.24, 2.45) is 5.73 Å². The largest absolute Gasteiger partial charge is 0.326 e. The Bertz CT molecular complexity index is 758. The Balaban J connectivity index is 2.49. The van der Waals surface area contributed by atoms with Crippen LogP contribution in [0.4, 0.5) is 10.1 Å². The van der Waals surface area contributed by atoms with Gasteiger partial charge in [0, 0.05) is 6.54 Å². The van der Waals surface area contributed by atoms with Gasteiger partial charge in [-0.1, -0.05) is 29.8 Å². The van der Waals surface area contributed by atoms with Gasteiger partial charge in [-0.2, -0.15) is 0 Å². The highest BCUT2D eigenvalue weighted by molar-refractivity contribution is 7.92. The summed E-state index contributed by atoms with van der Waals surface area (Å²) in [6.07, 6.45) is 0. The van der Waals surface area contributed by atoms with E-state index in [4.69, 9.17) is 17.3 Å². The van der Waals surface area contributed by atoms with E-state index < -0.39 is 15.8 Å². The summed E-state index contributed by atoms with van der Waals surface area (Å²) in [6, 6.07) is 8.71. The molecule has 4 nitrogen and oxygen atoms in total. The minimum atomic E-state index is -3.95. The van der Waals surface area contributed by atoms with E-state index >= 15 is 0 Å². The van der Waals surface area contributed by atoms with Crippen LogP contribution in [0.25, 0.3) is 0 Å². The number of para-hydroxylation sites is 1. The van der Waals surface area contributed by atoms with E-state index in [9.17, 15) is 12.8 Å². The number of benzene rings is 2. The molecule has 0 aliphatic heterocycles. The zero-order chi connectivity index (χ0) is 15.6. The maximum Gasteiger partial charge on any atom is 0.262 e. The standard InChI is InChI=1S/C14H14ClFN2O2S/c1-9-10(8-17)4-2-7-13(9)21(19,20)18-14-11(15)5-3-6-12(14)16/h2-7,18H,8,17H2,1H3. The number of hydrogen-bond acceptors (Lipinski definition) is 3. The van der Waals surface area contributed by atoms with Gasteiger partial charge in [-0.15, -0.1) is 0 Å². The first kappa shape index (κ1) is 15.8. The molecule has 3 N–H and O–H groups in total. The van der Waals surface area contributed by atoms with Gasteiger partial charge >= 0.3 is 0 Å². The van der Waals surface area contributed by atoms with Crippen LogP contribution in [0.15, 0.2) is 41.3 Å². The van der Waals surface area contributed by atoms with E-state index in [1.807, 2.05) is 0 Å². The second-order valence-electron chi connectivity index (χ2n) is 4.45. The summed E-state index contributed by atoms with van der Waals surface area (Å²) >= 11 is 5.83. The van der Waals surface area contributed by atoms with Crippen molar-refractivity contribution in [3.63, 3.8) is 0 Å². The van der Waals surface area contributed by atoms with Crippen molar-refractivity contribution in [1.82, 2.24) is 0 Å². The molecule has 7 heteroatoms. The lowest BCUT2D eigenvalue weighted by atomic mass is 10.1. The minimum absolute atomic E-state index is 0.00814. The van der Waals surface area contributed by atoms with E-state index in [1.165, 1.54) is 18.2 Å². The predicted molar refractivity (Wildman–Crippen MR) is 81.3 cm³/mol. The maximum atomic E-state index is 13.7. The number of anilines is 1. The molecule has 0 aliphatic carbocycles. The van der Waals surface area contributed by atoms with Gasteiger partial charge < -0.3 is 5.73 Å². The summed E-state index contributed by atoms with van der Waals surface area (Å²) in [5.41, 5.74) is 6.53. The third kappa shape index (κ3) is 3.18. The second kappa shape index (κ2) is 6.01. The van der Waals surface area contributed by atoms with Gasteiger partial charge in [0.1, 0.15) is 11.5 Å². The maximum absolute atomic E-state index is 13.7. The molecule has 0 atom stereocenters. The predicted octanol–water partition coefficient (Wildman–Crippen LogP) is 3.05. The molecule has 2 rings (SSSR count). The Hall–Kier alpha value is -1.63. The van der Waals surface area contributed by atoms with Crippen molar-refractivity contribution < 1.29 is 12.8 Å². The van der Waals surface area contributed by atoms with Gasteiger partial charge in [-0.25, -0.2) is 12.8 Å². The lowest BCUT2D eigenvalue weighted by Gasteiger charge is -2.14. The van der Waals surface area contributed by atoms with Crippen LogP contribution in [0.3, 0.4) is 0 Å². The number of hydrogen-bond donors (Lipinski definition) is 2. The van der Waals surface area contributed by atoms with E-state index in [0.717, 1.165) is 6.07 Å². The Morgan fingerprint density at radius 1 is 1.24 bits per heavy atom. The topological polar surface area (TPSA) is 72.2 Å². The summed E-state index contributed by atoms with van der Waals surface area (Å²) < 4.78 is 40.7. The molecule has 0 radical (unpaired) electrons. The molecule has 0 heterocycles. The summed E-state index contributed by atoms with van der Waals surface area (Å²) in [6.45, 7) is 1.87. The Labute approximate surface area is 127 Å². The molecule has 0 aliphatic rings. The zero-order valence-electron chi connectivity index (χ0n) is 11.2. The van der Waals surface area contributed by atoms with Crippen molar-refractivity contribution >= 4 is 27.3 Å². The van der Waals surface area contributed by atoms with Crippen LogP contribution in [0.2, 0.25) is 5.02 Å². The van der Waals surface area contributed by atoms with Gasteiger partial charge in [0.25, 0.3) is 10.0 Å². The van der Waals surface area contributed by atoms with Gasteiger partial charge in [-0.05, 0) is 36.2 Å². The third-order valence-corrected chi connectivity index (χ3v) is 4.91. The van der Waals surface area contributed by atoms with Crippen LogP contribution in [0, 0.1) is 12.7 Å². The molecule has 0 aromatic heterocycles. The lowest BCUT2D eigenvalue weighted by Crippen LogP contribution is -2.16. The minimum Gasteiger partial charge on any atom is -0.326 e. The van der Waals surface area contributed by atoms with Gasteiger partial charge in [0.2, 0.25) is 0 Å². The zero-order valence-corrected chi connectivity index (χ0v) is 12.8. The Morgan fingerprint density at radius 3 is 2.52 bits per heavy atom. The van der Waals surface area contributed by atoms with Crippen molar-refractivity contribution in [1.29, 1.82) is 0 Å². The molecule has 0 bridgehead atoms. The Morgan fingerprint density at radius 2 is 1.90 bits per heavy atom. The number of sulfonamides is 1. The normalized spacial score (nSPS) is 11.4. The number of nitrogens with two attached hydrogens (primary N) is 1. The van der Waals surface area contributed by atoms with Crippen LogP contribution in [-0.2, 0) is 16.6 Å². The second-order valence-corrected chi connectivity index (χ2v) is 6.50. The fourth-order valence-corrected chi connectivity index (χ4v) is 3.60. The fourth-order valence-electron chi connectivity index (χ4n) is 1.96. The van der Waals surface area contributed by atoms with E-state index in [2.05, 4.69) is 4.72 Å².